The number of hydrogen-bond donors (Lipinski definition) is 2. The summed E-state index contributed by atoms with van der Waals surface area (Å²) in [4.78, 5) is 10.4. The summed E-state index contributed by atoms with van der Waals surface area (Å²) >= 11 is 0. The quantitative estimate of drug-likeness (QED) is 0.585. The Morgan fingerprint density at radius 1 is 1.38 bits per heavy atom. The predicted octanol–water partition coefficient (Wildman–Crippen LogP) is 1.67. The highest BCUT2D eigenvalue weighted by Gasteiger charge is 2.09. The van der Waals surface area contributed by atoms with E-state index in [2.05, 4.69) is 5.10 Å². The van der Waals surface area contributed by atoms with E-state index in [1.807, 2.05) is 5.43 Å². The molecule has 0 saturated heterocycles. The van der Waals surface area contributed by atoms with E-state index in [0.29, 0.717) is 0 Å². The van der Waals surface area contributed by atoms with Crippen LogP contribution in [-0.2, 0) is 0 Å². The van der Waals surface area contributed by atoms with Gasteiger partial charge in [0, 0.05) is 5.56 Å². The van der Waals surface area contributed by atoms with Gasteiger partial charge in [-0.05, 0) is 31.5 Å². The number of benzene rings is 1. The molecule has 4 nitrogen and oxygen atoms in total. The number of carbonyl (C=O) groups is 1. The van der Waals surface area contributed by atoms with Crippen molar-refractivity contribution < 1.29 is 13.6 Å². The van der Waals surface area contributed by atoms with Crippen LogP contribution < -0.4 is 11.2 Å². The summed E-state index contributed by atoms with van der Waals surface area (Å²) < 4.78 is 26.6. The van der Waals surface area contributed by atoms with E-state index in [4.69, 9.17) is 5.73 Å². The molecule has 3 N–H and O–H groups in total. The van der Waals surface area contributed by atoms with Crippen molar-refractivity contribution in [1.29, 1.82) is 0 Å². The van der Waals surface area contributed by atoms with E-state index in [1.54, 1.807) is 0 Å². The second-order valence-electron chi connectivity index (χ2n) is 3.25. The molecule has 1 rings (SSSR count). The number of nitrogens with one attached hydrogen (secondary N) is 1. The Labute approximate surface area is 91.1 Å². The van der Waals surface area contributed by atoms with Gasteiger partial charge in [0.1, 0.15) is 11.6 Å². The maximum Gasteiger partial charge on any atom is 0.332 e. The summed E-state index contributed by atoms with van der Waals surface area (Å²) in [6, 6.07) is 1.22. The molecule has 0 aliphatic heterocycles. The fraction of sp³-hybridized carbons (Fsp3) is 0.200. The molecular weight excluding hydrogens is 216 g/mol. The van der Waals surface area contributed by atoms with E-state index < -0.39 is 17.7 Å². The van der Waals surface area contributed by atoms with Gasteiger partial charge in [-0.2, -0.15) is 5.10 Å². The molecule has 0 heterocycles. The smallest absolute Gasteiger partial charge is 0.332 e. The second-order valence-corrected chi connectivity index (χ2v) is 3.25. The van der Waals surface area contributed by atoms with Crippen molar-refractivity contribution in [2.75, 3.05) is 0 Å². The lowest BCUT2D eigenvalue weighted by atomic mass is 10.1. The van der Waals surface area contributed by atoms with Crippen LogP contribution in [0.4, 0.5) is 13.6 Å². The SMILES string of the molecule is CC(=NNC(N)=O)c1cc(F)c(C)cc1F. The summed E-state index contributed by atoms with van der Waals surface area (Å²) in [6.07, 6.45) is 0. The number of hydrazone groups is 1. The summed E-state index contributed by atoms with van der Waals surface area (Å²) in [5.74, 6) is -1.14. The van der Waals surface area contributed by atoms with Gasteiger partial charge in [-0.25, -0.2) is 19.0 Å². The molecule has 0 fully saturated rings. The van der Waals surface area contributed by atoms with Crippen LogP contribution in [0.25, 0.3) is 0 Å². The van der Waals surface area contributed by atoms with Crippen molar-refractivity contribution in [2.45, 2.75) is 13.8 Å². The largest absolute Gasteiger partial charge is 0.350 e. The molecule has 0 saturated carbocycles. The minimum absolute atomic E-state index is 0.0168. The molecule has 0 aromatic heterocycles. The maximum atomic E-state index is 13.4. The van der Waals surface area contributed by atoms with Crippen LogP contribution in [0.5, 0.6) is 0 Å². The Balaban J connectivity index is 3.08. The van der Waals surface area contributed by atoms with Crippen molar-refractivity contribution in [3.05, 3.63) is 34.9 Å². The molecule has 2 amide bonds. The van der Waals surface area contributed by atoms with Gasteiger partial charge in [0.05, 0.1) is 5.71 Å². The monoisotopic (exact) mass is 227 g/mol. The highest BCUT2D eigenvalue weighted by molar-refractivity contribution is 5.99. The van der Waals surface area contributed by atoms with Crippen molar-refractivity contribution >= 4 is 11.7 Å². The topological polar surface area (TPSA) is 67.5 Å². The number of nitrogens with two attached hydrogens (primary N) is 1. The zero-order valence-corrected chi connectivity index (χ0v) is 8.84. The molecule has 1 aromatic rings. The Bertz CT molecular complexity index is 458. The third kappa shape index (κ3) is 2.75. The zero-order chi connectivity index (χ0) is 12.3. The number of halogens is 2. The number of hydrogen-bond acceptors (Lipinski definition) is 2. The first-order valence-corrected chi connectivity index (χ1v) is 4.47. The van der Waals surface area contributed by atoms with Gasteiger partial charge in [0.2, 0.25) is 0 Å². The molecule has 1 aromatic carbocycles. The first-order valence-electron chi connectivity index (χ1n) is 4.47. The van der Waals surface area contributed by atoms with Gasteiger partial charge < -0.3 is 5.73 Å². The third-order valence-electron chi connectivity index (χ3n) is 1.97. The molecule has 16 heavy (non-hydrogen) atoms. The average molecular weight is 227 g/mol. The van der Waals surface area contributed by atoms with Crippen LogP contribution in [0.2, 0.25) is 0 Å². The fourth-order valence-electron chi connectivity index (χ4n) is 1.12. The first-order chi connectivity index (χ1) is 7.41. The number of urea groups is 1. The molecule has 0 aliphatic rings. The molecule has 0 aliphatic carbocycles. The van der Waals surface area contributed by atoms with E-state index in [1.165, 1.54) is 13.8 Å². The molecule has 0 unspecified atom stereocenters. The third-order valence-corrected chi connectivity index (χ3v) is 1.97. The minimum atomic E-state index is -0.868. The lowest BCUT2D eigenvalue weighted by Gasteiger charge is -2.05. The van der Waals surface area contributed by atoms with Crippen LogP contribution >= 0.6 is 0 Å². The van der Waals surface area contributed by atoms with Crippen LogP contribution in [0, 0.1) is 18.6 Å². The average Bonchev–Trinajstić information content (AvgIpc) is 2.20. The molecule has 0 spiro atoms. The molecule has 6 heteroatoms. The number of rotatable bonds is 2. The zero-order valence-electron chi connectivity index (χ0n) is 8.84. The van der Waals surface area contributed by atoms with Crippen molar-refractivity contribution in [1.82, 2.24) is 5.43 Å². The second kappa shape index (κ2) is 4.69. The van der Waals surface area contributed by atoms with Crippen LogP contribution in [0.15, 0.2) is 17.2 Å². The van der Waals surface area contributed by atoms with Crippen LogP contribution in [0.3, 0.4) is 0 Å². The summed E-state index contributed by atoms with van der Waals surface area (Å²) in [7, 11) is 0. The summed E-state index contributed by atoms with van der Waals surface area (Å²) in [6.45, 7) is 2.89. The lowest BCUT2D eigenvalue weighted by Crippen LogP contribution is -2.25. The number of aryl methyl sites for hydroxylation is 1. The van der Waals surface area contributed by atoms with Gasteiger partial charge in [0.15, 0.2) is 0 Å². The van der Waals surface area contributed by atoms with Crippen molar-refractivity contribution in [3.8, 4) is 0 Å². The molecular formula is C10H11F2N3O. The number of amides is 2. The Morgan fingerprint density at radius 2 is 2.00 bits per heavy atom. The summed E-state index contributed by atoms with van der Waals surface area (Å²) in [5, 5.41) is 3.51. The highest BCUT2D eigenvalue weighted by atomic mass is 19.1. The summed E-state index contributed by atoms with van der Waals surface area (Å²) in [5.41, 5.74) is 7.05. The number of nitrogens with zero attached hydrogens (tertiary/aromatic N) is 1. The standard InChI is InChI=1S/C10H11F2N3O/c1-5-3-9(12)7(4-8(5)11)6(2)14-15-10(13)16/h3-4H,1-2H3,(H3,13,15,16). The van der Waals surface area contributed by atoms with Gasteiger partial charge in [-0.3, -0.25) is 0 Å². The van der Waals surface area contributed by atoms with E-state index in [-0.39, 0.29) is 16.8 Å². The van der Waals surface area contributed by atoms with E-state index in [9.17, 15) is 13.6 Å². The van der Waals surface area contributed by atoms with E-state index >= 15 is 0 Å². The Morgan fingerprint density at radius 3 is 2.56 bits per heavy atom. The normalized spacial score (nSPS) is 11.4. The van der Waals surface area contributed by atoms with Gasteiger partial charge >= 0.3 is 6.03 Å². The molecule has 0 radical (unpaired) electrons. The minimum Gasteiger partial charge on any atom is -0.350 e. The molecule has 86 valence electrons. The lowest BCUT2D eigenvalue weighted by molar-refractivity contribution is 0.249. The van der Waals surface area contributed by atoms with E-state index in [0.717, 1.165) is 12.1 Å². The van der Waals surface area contributed by atoms with Crippen LogP contribution in [0.1, 0.15) is 18.1 Å². The predicted molar refractivity (Wildman–Crippen MR) is 56.0 cm³/mol. The maximum absolute atomic E-state index is 13.4. The van der Waals surface area contributed by atoms with Crippen LogP contribution in [-0.4, -0.2) is 11.7 Å². The van der Waals surface area contributed by atoms with Crippen molar-refractivity contribution in [3.63, 3.8) is 0 Å². The Kier molecular flexibility index (Phi) is 3.55. The van der Waals surface area contributed by atoms with Crippen molar-refractivity contribution in [2.24, 2.45) is 10.8 Å². The number of carbonyl (C=O) groups excluding carboxylic acids is 1. The molecule has 0 bridgehead atoms. The fourth-order valence-corrected chi connectivity index (χ4v) is 1.12. The van der Waals surface area contributed by atoms with Gasteiger partial charge in [0.25, 0.3) is 0 Å². The molecule has 0 atom stereocenters. The highest BCUT2D eigenvalue weighted by Crippen LogP contribution is 2.14. The number of primary amides is 1. The Hall–Kier alpha value is -1.98. The van der Waals surface area contributed by atoms with Gasteiger partial charge in [-0.15, -0.1) is 0 Å². The van der Waals surface area contributed by atoms with Gasteiger partial charge in [-0.1, -0.05) is 0 Å². The first kappa shape index (κ1) is 12.1.